The first kappa shape index (κ1) is 12.9. The summed E-state index contributed by atoms with van der Waals surface area (Å²) in [6.07, 6.45) is -5.00. The summed E-state index contributed by atoms with van der Waals surface area (Å²) in [4.78, 5) is 20.3. The maximum absolute atomic E-state index is 11.9. The lowest BCUT2D eigenvalue weighted by molar-refractivity contribution is -0.385. The molecule has 0 heterocycles. The minimum atomic E-state index is -5.00. The van der Waals surface area contributed by atoms with Crippen LogP contribution in [0.2, 0.25) is 0 Å². The van der Waals surface area contributed by atoms with E-state index >= 15 is 0 Å². The molecule has 1 aromatic carbocycles. The number of carbonyl (C=O) groups excluding carboxylic acids is 1. The van der Waals surface area contributed by atoms with Crippen molar-refractivity contribution >= 4 is 11.6 Å². The van der Waals surface area contributed by atoms with Crippen molar-refractivity contribution in [3.63, 3.8) is 0 Å². The molecule has 0 aliphatic rings. The first-order chi connectivity index (χ1) is 7.82. The molecule has 0 saturated heterocycles. The monoisotopic (exact) mass is 248 g/mol. The summed E-state index contributed by atoms with van der Waals surface area (Å²) in [7, 11) is 0. The topological polar surface area (TPSA) is 72.2 Å². The molecule has 1 N–H and O–H groups in total. The Bertz CT molecular complexity index is 445. The van der Waals surface area contributed by atoms with E-state index in [1.54, 1.807) is 5.32 Å². The van der Waals surface area contributed by atoms with Crippen LogP contribution in [0.3, 0.4) is 0 Å². The van der Waals surface area contributed by atoms with Crippen LogP contribution in [-0.4, -0.2) is 17.0 Å². The lowest BCUT2D eigenvalue weighted by Gasteiger charge is -2.07. The fourth-order valence-electron chi connectivity index (χ4n) is 1.11. The Morgan fingerprint density at radius 1 is 1.35 bits per heavy atom. The molecule has 0 aromatic heterocycles. The average molecular weight is 248 g/mol. The molecular formula is C9H7F3N2O3. The standard InChI is InChI=1S/C9H7F3N2O3/c10-9(11,12)8(15)13-5-6-3-1-2-4-7(6)14(16)17/h1-4H,5H2,(H,13,15). The molecule has 1 rings (SSSR count). The highest BCUT2D eigenvalue weighted by atomic mass is 19.4. The number of nitrogens with zero attached hydrogens (tertiary/aromatic N) is 1. The lowest BCUT2D eigenvalue weighted by Crippen LogP contribution is -2.36. The zero-order valence-electron chi connectivity index (χ0n) is 8.32. The maximum atomic E-state index is 11.9. The predicted molar refractivity (Wildman–Crippen MR) is 51.0 cm³/mol. The lowest BCUT2D eigenvalue weighted by atomic mass is 10.2. The van der Waals surface area contributed by atoms with Gasteiger partial charge in [0.2, 0.25) is 0 Å². The highest BCUT2D eigenvalue weighted by molar-refractivity contribution is 5.81. The van der Waals surface area contributed by atoms with Crippen LogP contribution in [-0.2, 0) is 11.3 Å². The second kappa shape index (κ2) is 4.81. The Labute approximate surface area is 93.4 Å². The second-order valence-electron chi connectivity index (χ2n) is 3.07. The third kappa shape index (κ3) is 3.44. The summed E-state index contributed by atoms with van der Waals surface area (Å²) in [6, 6.07) is 5.24. The maximum Gasteiger partial charge on any atom is 0.471 e. The van der Waals surface area contributed by atoms with Crippen molar-refractivity contribution in [1.82, 2.24) is 5.32 Å². The first-order valence-corrected chi connectivity index (χ1v) is 4.39. The van der Waals surface area contributed by atoms with Crippen molar-refractivity contribution in [3.05, 3.63) is 39.9 Å². The van der Waals surface area contributed by atoms with Gasteiger partial charge in [-0.05, 0) is 0 Å². The summed E-state index contributed by atoms with van der Waals surface area (Å²) in [5, 5.41) is 12.1. The number of rotatable bonds is 3. The van der Waals surface area contributed by atoms with E-state index in [4.69, 9.17) is 0 Å². The van der Waals surface area contributed by atoms with Crippen LogP contribution in [0.1, 0.15) is 5.56 Å². The van der Waals surface area contributed by atoms with Gasteiger partial charge in [0.1, 0.15) is 0 Å². The summed E-state index contributed by atoms with van der Waals surface area (Å²) in [5.41, 5.74) is -0.329. The number of hydrogen-bond donors (Lipinski definition) is 1. The van der Waals surface area contributed by atoms with Gasteiger partial charge in [-0.3, -0.25) is 14.9 Å². The number of alkyl halides is 3. The Balaban J connectivity index is 2.77. The third-order valence-electron chi connectivity index (χ3n) is 1.89. The second-order valence-corrected chi connectivity index (χ2v) is 3.07. The van der Waals surface area contributed by atoms with Gasteiger partial charge >= 0.3 is 12.1 Å². The number of amides is 1. The molecule has 0 aliphatic heterocycles. The number of nitro benzene ring substituents is 1. The summed E-state index contributed by atoms with van der Waals surface area (Å²) < 4.78 is 35.6. The van der Waals surface area contributed by atoms with Crippen LogP contribution >= 0.6 is 0 Å². The van der Waals surface area contributed by atoms with Crippen LogP contribution < -0.4 is 5.32 Å². The molecule has 1 amide bonds. The predicted octanol–water partition coefficient (Wildman–Crippen LogP) is 1.77. The molecule has 0 saturated carbocycles. The van der Waals surface area contributed by atoms with Gasteiger partial charge < -0.3 is 5.32 Å². The Kier molecular flexibility index (Phi) is 3.66. The average Bonchev–Trinajstić information content (AvgIpc) is 2.24. The fourth-order valence-corrected chi connectivity index (χ4v) is 1.11. The zero-order chi connectivity index (χ0) is 13.1. The molecule has 5 nitrogen and oxygen atoms in total. The summed E-state index contributed by atoms with van der Waals surface area (Å²) >= 11 is 0. The molecule has 17 heavy (non-hydrogen) atoms. The largest absolute Gasteiger partial charge is 0.471 e. The highest BCUT2D eigenvalue weighted by Gasteiger charge is 2.38. The van der Waals surface area contributed by atoms with E-state index in [0.29, 0.717) is 0 Å². The van der Waals surface area contributed by atoms with Gasteiger partial charge in [-0.1, -0.05) is 18.2 Å². The minimum Gasteiger partial charge on any atom is -0.344 e. The van der Waals surface area contributed by atoms with E-state index < -0.39 is 23.6 Å². The number of nitro groups is 1. The molecule has 0 fully saturated rings. The van der Waals surface area contributed by atoms with Crippen molar-refractivity contribution in [1.29, 1.82) is 0 Å². The molecule has 0 aliphatic carbocycles. The molecule has 8 heteroatoms. The minimum absolute atomic E-state index is 0.00935. The summed E-state index contributed by atoms with van der Waals surface area (Å²) in [5.74, 6) is -2.13. The number of benzene rings is 1. The van der Waals surface area contributed by atoms with Gasteiger partial charge in [-0.2, -0.15) is 13.2 Å². The quantitative estimate of drug-likeness (QED) is 0.654. The van der Waals surface area contributed by atoms with E-state index in [2.05, 4.69) is 0 Å². The molecule has 0 atom stereocenters. The van der Waals surface area contributed by atoms with Crippen LogP contribution in [0.15, 0.2) is 24.3 Å². The van der Waals surface area contributed by atoms with Gasteiger partial charge in [0.15, 0.2) is 0 Å². The van der Waals surface area contributed by atoms with E-state index in [1.807, 2.05) is 0 Å². The van der Waals surface area contributed by atoms with Crippen molar-refractivity contribution in [2.75, 3.05) is 0 Å². The van der Waals surface area contributed by atoms with E-state index in [0.717, 1.165) is 6.07 Å². The number of nitrogens with one attached hydrogen (secondary N) is 1. The number of halogens is 3. The third-order valence-corrected chi connectivity index (χ3v) is 1.89. The molecule has 0 radical (unpaired) electrons. The van der Waals surface area contributed by atoms with Crippen LogP contribution in [0.4, 0.5) is 18.9 Å². The van der Waals surface area contributed by atoms with Crippen molar-refractivity contribution < 1.29 is 22.9 Å². The van der Waals surface area contributed by atoms with Gasteiger partial charge in [0, 0.05) is 18.2 Å². The van der Waals surface area contributed by atoms with E-state index in [1.165, 1.54) is 18.2 Å². The highest BCUT2D eigenvalue weighted by Crippen LogP contribution is 2.18. The molecule has 0 spiro atoms. The Hall–Kier alpha value is -2.12. The normalized spacial score (nSPS) is 11.0. The van der Waals surface area contributed by atoms with Gasteiger partial charge in [0.05, 0.1) is 4.92 Å². The molecule has 92 valence electrons. The van der Waals surface area contributed by atoms with E-state index in [-0.39, 0.29) is 11.3 Å². The number of carbonyl (C=O) groups is 1. The SMILES string of the molecule is O=C(NCc1ccccc1[N+](=O)[O-])C(F)(F)F. The van der Waals surface area contributed by atoms with Gasteiger partial charge in [-0.15, -0.1) is 0 Å². The zero-order valence-corrected chi connectivity index (χ0v) is 8.32. The summed E-state index contributed by atoms with van der Waals surface area (Å²) in [6.45, 7) is -0.546. The first-order valence-electron chi connectivity index (χ1n) is 4.39. The molecule has 1 aromatic rings. The van der Waals surface area contributed by atoms with Crippen molar-refractivity contribution in [2.24, 2.45) is 0 Å². The van der Waals surface area contributed by atoms with Gasteiger partial charge in [0.25, 0.3) is 5.69 Å². The van der Waals surface area contributed by atoms with Gasteiger partial charge in [-0.25, -0.2) is 0 Å². The Morgan fingerprint density at radius 3 is 2.47 bits per heavy atom. The number of para-hydroxylation sites is 1. The van der Waals surface area contributed by atoms with Crippen LogP contribution in [0.25, 0.3) is 0 Å². The smallest absolute Gasteiger partial charge is 0.344 e. The van der Waals surface area contributed by atoms with E-state index in [9.17, 15) is 28.1 Å². The number of hydrogen-bond acceptors (Lipinski definition) is 3. The van der Waals surface area contributed by atoms with Crippen molar-refractivity contribution in [3.8, 4) is 0 Å². The fraction of sp³-hybridized carbons (Fsp3) is 0.222. The van der Waals surface area contributed by atoms with Crippen molar-refractivity contribution in [2.45, 2.75) is 12.7 Å². The molecular weight excluding hydrogens is 241 g/mol. The van der Waals surface area contributed by atoms with Crippen LogP contribution in [0.5, 0.6) is 0 Å². The molecule has 0 bridgehead atoms. The Morgan fingerprint density at radius 2 is 1.94 bits per heavy atom. The van der Waals surface area contributed by atoms with Crippen LogP contribution in [0, 0.1) is 10.1 Å². The molecule has 0 unspecified atom stereocenters.